The van der Waals surface area contributed by atoms with Gasteiger partial charge < -0.3 is 0 Å². The molecule has 0 radical (unpaired) electrons. The summed E-state index contributed by atoms with van der Waals surface area (Å²) in [6.07, 6.45) is 0.829. The first-order valence-electron chi connectivity index (χ1n) is 5.77. The van der Waals surface area contributed by atoms with Crippen molar-refractivity contribution >= 4 is 25.1 Å². The second-order valence-corrected chi connectivity index (χ2v) is 4.04. The van der Waals surface area contributed by atoms with E-state index in [1.54, 1.807) is 12.1 Å². The van der Waals surface area contributed by atoms with Gasteiger partial charge in [-0.15, -0.1) is 5.10 Å². The van der Waals surface area contributed by atoms with E-state index in [1.807, 2.05) is 36.4 Å². The third kappa shape index (κ3) is 2.69. The topological polar surface area (TPSA) is 71.5 Å². The molecule has 0 aliphatic carbocycles. The van der Waals surface area contributed by atoms with Crippen molar-refractivity contribution in [2.45, 2.75) is 0 Å². The molecule has 1 aromatic heterocycles. The summed E-state index contributed by atoms with van der Waals surface area (Å²) in [6, 6.07) is 15.2. The van der Waals surface area contributed by atoms with Crippen molar-refractivity contribution in [3.8, 4) is 22.5 Å². The van der Waals surface area contributed by atoms with E-state index in [2.05, 4.69) is 20.6 Å². The Morgan fingerprint density at radius 1 is 0.950 bits per heavy atom. The summed E-state index contributed by atoms with van der Waals surface area (Å²) >= 11 is 0. The van der Waals surface area contributed by atoms with Crippen LogP contribution in [0.4, 0.5) is 0 Å². The number of nitrogens with zero attached hydrogens (tertiary/aromatic N) is 3. The number of hydrogen-bond acceptors (Lipinski definition) is 4. The number of carbonyl (C=O) groups excluding carboxylic acids is 1. The molecule has 0 atom stereocenters. The number of benzene rings is 2. The van der Waals surface area contributed by atoms with Gasteiger partial charge in [0.05, 0.1) is 0 Å². The van der Waals surface area contributed by atoms with E-state index in [0.29, 0.717) is 11.4 Å². The fourth-order valence-corrected chi connectivity index (χ4v) is 1.96. The van der Waals surface area contributed by atoms with Crippen LogP contribution in [-0.2, 0) is 0 Å². The molecule has 2 aromatic carbocycles. The Morgan fingerprint density at radius 2 is 1.65 bits per heavy atom. The SMILES string of the molecule is O=Cc1ccc(-c2ccccc2-c2nnn[nH]2)cc1.[LiH]. The molecule has 0 amide bonds. The normalized spacial score (nSPS) is 9.80. The van der Waals surface area contributed by atoms with Gasteiger partial charge in [0.1, 0.15) is 6.29 Å². The van der Waals surface area contributed by atoms with E-state index < -0.39 is 0 Å². The fraction of sp³-hybridized carbons (Fsp3) is 0. The van der Waals surface area contributed by atoms with Crippen LogP contribution in [0, 0.1) is 0 Å². The molecule has 0 saturated carbocycles. The number of hydrogen-bond donors (Lipinski definition) is 1. The van der Waals surface area contributed by atoms with Gasteiger partial charge in [-0.05, 0) is 21.6 Å². The van der Waals surface area contributed by atoms with Gasteiger partial charge in [-0.1, -0.05) is 48.5 Å². The fourth-order valence-electron chi connectivity index (χ4n) is 1.96. The number of rotatable bonds is 3. The number of tetrazole rings is 1. The first-order valence-corrected chi connectivity index (χ1v) is 5.77. The maximum absolute atomic E-state index is 10.7. The molecule has 0 aliphatic heterocycles. The Balaban J connectivity index is 0.00000147. The molecule has 5 nitrogen and oxygen atoms in total. The summed E-state index contributed by atoms with van der Waals surface area (Å²) in [7, 11) is 0. The summed E-state index contributed by atoms with van der Waals surface area (Å²) < 4.78 is 0. The molecule has 0 aliphatic rings. The summed E-state index contributed by atoms with van der Waals surface area (Å²) in [5.41, 5.74) is 3.60. The predicted molar refractivity (Wildman–Crippen MR) is 77.6 cm³/mol. The van der Waals surface area contributed by atoms with Crippen LogP contribution in [0.25, 0.3) is 22.5 Å². The monoisotopic (exact) mass is 258 g/mol. The molecule has 1 N–H and O–H groups in total. The van der Waals surface area contributed by atoms with Crippen molar-refractivity contribution in [2.24, 2.45) is 0 Å². The Hall–Kier alpha value is -2.22. The van der Waals surface area contributed by atoms with Crippen LogP contribution in [0.3, 0.4) is 0 Å². The van der Waals surface area contributed by atoms with Crippen LogP contribution in [0.5, 0.6) is 0 Å². The number of aromatic nitrogens is 4. The third-order valence-corrected chi connectivity index (χ3v) is 2.89. The Kier molecular flexibility index (Phi) is 4.46. The molecule has 1 heterocycles. The van der Waals surface area contributed by atoms with Gasteiger partial charge in [0, 0.05) is 11.1 Å². The number of H-pyrrole nitrogens is 1. The quantitative estimate of drug-likeness (QED) is 0.573. The van der Waals surface area contributed by atoms with Crippen molar-refractivity contribution in [2.75, 3.05) is 0 Å². The molecule has 6 heteroatoms. The van der Waals surface area contributed by atoms with Crippen molar-refractivity contribution in [3.63, 3.8) is 0 Å². The van der Waals surface area contributed by atoms with Gasteiger partial charge in [0.15, 0.2) is 5.82 Å². The number of aromatic amines is 1. The van der Waals surface area contributed by atoms with Crippen LogP contribution < -0.4 is 0 Å². The van der Waals surface area contributed by atoms with Crippen LogP contribution in [-0.4, -0.2) is 45.8 Å². The summed E-state index contributed by atoms with van der Waals surface area (Å²) in [4.78, 5) is 10.7. The molecular formula is C14H11LiN4O. The van der Waals surface area contributed by atoms with Crippen molar-refractivity contribution in [1.29, 1.82) is 0 Å². The Labute approximate surface area is 127 Å². The maximum atomic E-state index is 10.7. The minimum absolute atomic E-state index is 0. The molecule has 0 unspecified atom stereocenters. The first-order chi connectivity index (χ1) is 9.38. The average Bonchev–Trinajstić information content (AvgIpc) is 3.01. The molecule has 3 aromatic rings. The van der Waals surface area contributed by atoms with Crippen LogP contribution >= 0.6 is 0 Å². The molecule has 94 valence electrons. The third-order valence-electron chi connectivity index (χ3n) is 2.89. The molecule has 0 spiro atoms. The van der Waals surface area contributed by atoms with Gasteiger partial charge in [0.25, 0.3) is 0 Å². The van der Waals surface area contributed by atoms with Gasteiger partial charge in [-0.2, -0.15) is 0 Å². The van der Waals surface area contributed by atoms with Gasteiger partial charge in [0.2, 0.25) is 0 Å². The van der Waals surface area contributed by atoms with Crippen LogP contribution in [0.15, 0.2) is 48.5 Å². The summed E-state index contributed by atoms with van der Waals surface area (Å²) in [5.74, 6) is 0.620. The molecular weight excluding hydrogens is 247 g/mol. The first kappa shape index (κ1) is 14.2. The van der Waals surface area contributed by atoms with Crippen molar-refractivity contribution in [3.05, 3.63) is 54.1 Å². The van der Waals surface area contributed by atoms with Gasteiger partial charge in [-0.3, -0.25) is 4.79 Å². The number of carbonyl (C=O) groups is 1. The number of nitrogens with one attached hydrogen (secondary N) is 1. The van der Waals surface area contributed by atoms with Crippen LogP contribution in [0.1, 0.15) is 10.4 Å². The van der Waals surface area contributed by atoms with E-state index in [9.17, 15) is 4.79 Å². The van der Waals surface area contributed by atoms with Gasteiger partial charge >= 0.3 is 18.9 Å². The second-order valence-electron chi connectivity index (χ2n) is 4.04. The van der Waals surface area contributed by atoms with Gasteiger partial charge in [-0.25, -0.2) is 5.10 Å². The van der Waals surface area contributed by atoms with Crippen molar-refractivity contribution < 1.29 is 4.79 Å². The zero-order valence-corrected chi connectivity index (χ0v) is 9.95. The molecule has 0 bridgehead atoms. The molecule has 0 fully saturated rings. The van der Waals surface area contributed by atoms with E-state index in [1.165, 1.54) is 0 Å². The van der Waals surface area contributed by atoms with E-state index >= 15 is 0 Å². The van der Waals surface area contributed by atoms with E-state index in [0.717, 1.165) is 23.0 Å². The average molecular weight is 258 g/mol. The second kappa shape index (κ2) is 6.29. The van der Waals surface area contributed by atoms with Crippen molar-refractivity contribution in [1.82, 2.24) is 20.6 Å². The minimum atomic E-state index is 0. The standard InChI is InChI=1S/C14H10N4O.Li.H/c19-9-10-5-7-11(8-6-10)12-3-1-2-4-13(12)14-15-17-18-16-14;;/h1-9H,(H,15,16,17,18);;. The summed E-state index contributed by atoms with van der Waals surface area (Å²) in [5, 5.41) is 13.9. The zero-order chi connectivity index (χ0) is 13.1. The Bertz CT molecular complexity index is 695. The predicted octanol–water partition coefficient (Wildman–Crippen LogP) is 1.70. The molecule has 3 rings (SSSR count). The van der Waals surface area contributed by atoms with Crippen LogP contribution in [0.2, 0.25) is 0 Å². The summed E-state index contributed by atoms with van der Waals surface area (Å²) in [6.45, 7) is 0. The number of aldehydes is 1. The molecule has 0 saturated heterocycles. The van der Waals surface area contributed by atoms with E-state index in [-0.39, 0.29) is 18.9 Å². The zero-order valence-electron chi connectivity index (χ0n) is 9.95. The Morgan fingerprint density at radius 3 is 2.25 bits per heavy atom. The molecule has 20 heavy (non-hydrogen) atoms. The van der Waals surface area contributed by atoms with E-state index in [4.69, 9.17) is 0 Å².